The first-order chi connectivity index (χ1) is 29.6. The van der Waals surface area contributed by atoms with Crippen LogP contribution in [-0.4, -0.2) is 77.9 Å². The molecule has 0 aromatic carbocycles. The van der Waals surface area contributed by atoms with E-state index in [2.05, 4.69) is 69.4 Å². The maximum Gasteiger partial charge on any atom is 0.472 e. The van der Waals surface area contributed by atoms with Gasteiger partial charge in [0.05, 0.1) is 32.0 Å². The summed E-state index contributed by atoms with van der Waals surface area (Å²) in [5.74, 6) is -0.203. The van der Waals surface area contributed by atoms with Crippen molar-refractivity contribution in [2.75, 3.05) is 26.4 Å². The molecule has 1 heterocycles. The zero-order valence-electron chi connectivity index (χ0n) is 38.2. The number of epoxide rings is 1. The lowest BCUT2D eigenvalue weighted by Gasteiger charge is -2.20. The highest BCUT2D eigenvalue weighted by molar-refractivity contribution is 7.47. The van der Waals surface area contributed by atoms with Gasteiger partial charge in [-0.2, -0.15) is 0 Å². The Morgan fingerprint density at radius 3 is 1.62 bits per heavy atom. The third kappa shape index (κ3) is 37.9. The van der Waals surface area contributed by atoms with Crippen molar-refractivity contribution in [2.45, 2.75) is 206 Å². The molecule has 1 aliphatic heterocycles. The van der Waals surface area contributed by atoms with Gasteiger partial charge in [0.25, 0.3) is 0 Å². The van der Waals surface area contributed by atoms with Crippen LogP contribution in [0.3, 0.4) is 0 Å². The minimum atomic E-state index is -4.64. The summed E-state index contributed by atoms with van der Waals surface area (Å²) in [4.78, 5) is 35.1. The smallest absolute Gasteiger partial charge is 0.462 e. The van der Waals surface area contributed by atoms with E-state index in [1.165, 1.54) is 77.0 Å². The minimum Gasteiger partial charge on any atom is -0.462 e. The zero-order chi connectivity index (χ0) is 44.7. The summed E-state index contributed by atoms with van der Waals surface area (Å²) in [6.07, 6.45) is 45.3. The monoisotopic (exact) mass is 881 g/mol. The number of ether oxygens (including phenoxy) is 3. The predicted octanol–water partition coefficient (Wildman–Crippen LogP) is 11.9. The van der Waals surface area contributed by atoms with E-state index < -0.39 is 51.8 Å². The second-order valence-corrected chi connectivity index (χ2v) is 18.1. The normalized spacial score (nSPS) is 17.7. The van der Waals surface area contributed by atoms with Crippen LogP contribution in [0.25, 0.3) is 0 Å². The number of hydrogen-bond donors (Lipinski definition) is 3. The van der Waals surface area contributed by atoms with Crippen LogP contribution >= 0.6 is 7.82 Å². The molecule has 1 fully saturated rings. The molecule has 12 heteroatoms. The average molecular weight is 881 g/mol. The van der Waals surface area contributed by atoms with Crippen molar-refractivity contribution >= 4 is 19.8 Å². The second kappa shape index (κ2) is 39.2. The highest BCUT2D eigenvalue weighted by Gasteiger charge is 2.36. The molecule has 3 unspecified atom stereocenters. The Bertz CT molecular complexity index is 1280. The van der Waals surface area contributed by atoms with Crippen LogP contribution in [0.2, 0.25) is 0 Å². The number of carbonyl (C=O) groups excluding carboxylic acids is 2. The molecule has 0 spiro atoms. The molecule has 3 N–H and O–H groups in total. The molecule has 5 atom stereocenters. The molecule has 1 rings (SSSR count). The van der Waals surface area contributed by atoms with Crippen molar-refractivity contribution in [2.24, 2.45) is 5.92 Å². The van der Waals surface area contributed by atoms with Gasteiger partial charge in [0.2, 0.25) is 0 Å². The van der Waals surface area contributed by atoms with E-state index in [0.29, 0.717) is 25.0 Å². The van der Waals surface area contributed by atoms with E-state index in [1.807, 2.05) is 12.2 Å². The Kier molecular flexibility index (Phi) is 36.4. The fraction of sp³-hybridized carbons (Fsp3) is 0.755. The summed E-state index contributed by atoms with van der Waals surface area (Å²) in [5, 5.41) is 18.4. The van der Waals surface area contributed by atoms with Crippen molar-refractivity contribution < 1.29 is 52.5 Å². The number of unbranched alkanes of at least 4 members (excludes halogenated alkanes) is 14. The first-order valence-corrected chi connectivity index (χ1v) is 25.2. The molecule has 0 aromatic heterocycles. The number of aliphatic hydroxyl groups is 2. The van der Waals surface area contributed by atoms with E-state index in [4.69, 9.17) is 28.4 Å². The van der Waals surface area contributed by atoms with Gasteiger partial charge in [-0.05, 0) is 57.3 Å². The second-order valence-electron chi connectivity index (χ2n) is 16.6. The van der Waals surface area contributed by atoms with Crippen LogP contribution in [0, 0.1) is 5.92 Å². The molecule has 0 radical (unpaired) electrons. The number of esters is 2. The molecule has 0 saturated carbocycles. The molecule has 1 aliphatic rings. The Balaban J connectivity index is 2.25. The summed E-state index contributed by atoms with van der Waals surface area (Å²) in [7, 11) is -4.64. The largest absolute Gasteiger partial charge is 0.472 e. The third-order valence-electron chi connectivity index (χ3n) is 10.3. The number of allylic oxidation sites excluding steroid dienone is 8. The number of phosphoric ester groups is 1. The van der Waals surface area contributed by atoms with E-state index >= 15 is 0 Å². The topological polar surface area (TPSA) is 161 Å². The van der Waals surface area contributed by atoms with Gasteiger partial charge in [0, 0.05) is 12.8 Å². The maximum absolute atomic E-state index is 12.7. The fourth-order valence-electron chi connectivity index (χ4n) is 6.54. The molecule has 352 valence electrons. The number of carbonyl (C=O) groups is 2. The zero-order valence-corrected chi connectivity index (χ0v) is 39.1. The Hall–Kier alpha value is -2.37. The Morgan fingerprint density at radius 1 is 0.623 bits per heavy atom. The lowest BCUT2D eigenvalue weighted by atomic mass is 10.0. The number of aliphatic hydroxyl groups excluding tert-OH is 2. The first kappa shape index (κ1) is 56.6. The number of phosphoric acid groups is 1. The molecule has 61 heavy (non-hydrogen) atoms. The lowest BCUT2D eigenvalue weighted by molar-refractivity contribution is -0.161. The summed E-state index contributed by atoms with van der Waals surface area (Å²) < 4.78 is 38.4. The van der Waals surface area contributed by atoms with Crippen LogP contribution in [0.1, 0.15) is 181 Å². The molecule has 11 nitrogen and oxygen atoms in total. The van der Waals surface area contributed by atoms with Gasteiger partial charge in [0.15, 0.2) is 6.10 Å². The van der Waals surface area contributed by atoms with Crippen molar-refractivity contribution in [3.05, 3.63) is 60.8 Å². The van der Waals surface area contributed by atoms with Crippen LogP contribution in [-0.2, 0) is 37.4 Å². The quantitative estimate of drug-likeness (QED) is 0.0176. The molecule has 0 amide bonds. The van der Waals surface area contributed by atoms with Gasteiger partial charge in [-0.15, -0.1) is 0 Å². The minimum absolute atomic E-state index is 0.112. The summed E-state index contributed by atoms with van der Waals surface area (Å²) in [5.41, 5.74) is 0. The van der Waals surface area contributed by atoms with E-state index in [1.54, 1.807) is 0 Å². The highest BCUT2D eigenvalue weighted by Crippen LogP contribution is 2.43. The van der Waals surface area contributed by atoms with Crippen molar-refractivity contribution in [1.82, 2.24) is 0 Å². The third-order valence-corrected chi connectivity index (χ3v) is 11.2. The van der Waals surface area contributed by atoms with Crippen LogP contribution in [0.4, 0.5) is 0 Å². The summed E-state index contributed by atoms with van der Waals surface area (Å²) in [6, 6.07) is 0. The molecule has 0 aliphatic carbocycles. The molecule has 0 bridgehead atoms. The summed E-state index contributed by atoms with van der Waals surface area (Å²) >= 11 is 0. The maximum atomic E-state index is 12.7. The van der Waals surface area contributed by atoms with E-state index in [-0.39, 0.29) is 19.4 Å². The van der Waals surface area contributed by atoms with Crippen molar-refractivity contribution in [1.29, 1.82) is 0 Å². The fourth-order valence-corrected chi connectivity index (χ4v) is 7.33. The highest BCUT2D eigenvalue weighted by atomic mass is 31.2. The van der Waals surface area contributed by atoms with Crippen LogP contribution < -0.4 is 0 Å². The van der Waals surface area contributed by atoms with Gasteiger partial charge >= 0.3 is 19.8 Å². The first-order valence-electron chi connectivity index (χ1n) is 23.7. The Labute approximate surface area is 370 Å². The van der Waals surface area contributed by atoms with Crippen LogP contribution in [0.5, 0.6) is 0 Å². The van der Waals surface area contributed by atoms with Gasteiger partial charge in [0.1, 0.15) is 12.7 Å². The van der Waals surface area contributed by atoms with E-state index in [0.717, 1.165) is 63.7 Å². The Morgan fingerprint density at radius 2 is 1.10 bits per heavy atom. The lowest BCUT2D eigenvalue weighted by Crippen LogP contribution is -2.29. The molecular weight excluding hydrogens is 796 g/mol. The standard InChI is InChI=1S/C49H85O11P/c1-4-5-29-35-46-47(60-46)36-31-26-22-18-14-11-12-15-19-23-27-32-37-48(52)56-41-45(42-58-61(54,55)57-40-44(51)39-50)59-49(53)38-33-28-24-20-16-10-8-6-7-9-13-17-21-25-30-34-43(2)3/h5,12,14-15,18,23,26-27,29,31,43-47,50-51H,4,6-11,13,16-17,19-22,24-25,28,30,32-42H2,1-3H3,(H,54,55)/b15-12-,18-14-,27-23-,29-5-,31-26-/t44-,45+,46?,47?/m0/s1. The van der Waals surface area contributed by atoms with Crippen molar-refractivity contribution in [3.63, 3.8) is 0 Å². The van der Waals surface area contributed by atoms with Gasteiger partial charge in [-0.1, -0.05) is 178 Å². The number of rotatable bonds is 42. The predicted molar refractivity (Wildman–Crippen MR) is 246 cm³/mol. The summed E-state index contributed by atoms with van der Waals surface area (Å²) in [6.45, 7) is 4.53. The van der Waals surface area contributed by atoms with Crippen LogP contribution in [0.15, 0.2) is 60.8 Å². The SMILES string of the molecule is CC/C=C\CC1OC1C/C=C\C/C=C\C/C=C\C/C=C\CCC(=O)OC[C@H](COP(=O)(O)OC[C@@H](O)CO)OC(=O)CCCCCCCCCCCCCCCCCC(C)C. The molecule has 1 saturated heterocycles. The van der Waals surface area contributed by atoms with Crippen molar-refractivity contribution in [3.8, 4) is 0 Å². The van der Waals surface area contributed by atoms with E-state index in [9.17, 15) is 24.2 Å². The molecular formula is C49H85O11P. The number of hydrogen-bond acceptors (Lipinski definition) is 10. The van der Waals surface area contributed by atoms with Gasteiger partial charge in [-0.25, -0.2) is 4.57 Å². The van der Waals surface area contributed by atoms with Gasteiger partial charge in [-0.3, -0.25) is 18.6 Å². The average Bonchev–Trinajstić information content (AvgIpc) is 3.99. The van der Waals surface area contributed by atoms with Gasteiger partial charge < -0.3 is 29.3 Å². The molecule has 0 aromatic rings.